The lowest BCUT2D eigenvalue weighted by Crippen LogP contribution is -2.50. The quantitative estimate of drug-likeness (QED) is 0.797. The van der Waals surface area contributed by atoms with Crippen LogP contribution in [0.3, 0.4) is 0 Å². The molecule has 0 unspecified atom stereocenters. The van der Waals surface area contributed by atoms with E-state index >= 15 is 0 Å². The highest BCUT2D eigenvalue weighted by molar-refractivity contribution is 9.10. The average Bonchev–Trinajstić information content (AvgIpc) is 2.85. The van der Waals surface area contributed by atoms with E-state index in [2.05, 4.69) is 36.0 Å². The lowest BCUT2D eigenvalue weighted by atomic mass is 10.1. The maximum Gasteiger partial charge on any atom is 0.234 e. The first-order valence-corrected chi connectivity index (χ1v) is 9.88. The normalized spacial score (nSPS) is 20.6. The Balaban J connectivity index is 1.41. The van der Waals surface area contributed by atoms with Crippen LogP contribution in [0.15, 0.2) is 22.8 Å². The second-order valence-electron chi connectivity index (χ2n) is 6.85. The molecule has 132 valence electrons. The van der Waals surface area contributed by atoms with Gasteiger partial charge in [0.15, 0.2) is 0 Å². The number of carbonyl (C=O) groups excluding carboxylic acids is 1. The minimum atomic E-state index is 0.192. The van der Waals surface area contributed by atoms with Crippen molar-refractivity contribution in [2.75, 3.05) is 37.6 Å². The van der Waals surface area contributed by atoms with Gasteiger partial charge < -0.3 is 10.2 Å². The Morgan fingerprint density at radius 2 is 1.83 bits per heavy atom. The van der Waals surface area contributed by atoms with E-state index in [1.54, 1.807) is 0 Å². The van der Waals surface area contributed by atoms with Gasteiger partial charge in [0.25, 0.3) is 0 Å². The van der Waals surface area contributed by atoms with Crippen LogP contribution in [-0.4, -0.2) is 54.6 Å². The predicted molar refractivity (Wildman–Crippen MR) is 100 cm³/mol. The number of nitrogens with zero attached hydrogens (tertiary/aromatic N) is 3. The van der Waals surface area contributed by atoms with Crippen LogP contribution in [0.1, 0.15) is 38.5 Å². The molecule has 0 spiro atoms. The second-order valence-corrected chi connectivity index (χ2v) is 7.77. The lowest BCUT2D eigenvalue weighted by Gasteiger charge is -2.35. The third-order valence-electron chi connectivity index (χ3n) is 5.00. The Morgan fingerprint density at radius 3 is 2.46 bits per heavy atom. The van der Waals surface area contributed by atoms with Crippen molar-refractivity contribution in [2.45, 2.75) is 44.6 Å². The Kier molecular flexibility index (Phi) is 6.49. The van der Waals surface area contributed by atoms with Crippen molar-refractivity contribution in [3.8, 4) is 0 Å². The molecule has 0 aromatic carbocycles. The molecule has 0 bridgehead atoms. The second kappa shape index (κ2) is 8.81. The molecule has 0 atom stereocenters. The van der Waals surface area contributed by atoms with Gasteiger partial charge in [-0.2, -0.15) is 0 Å². The summed E-state index contributed by atoms with van der Waals surface area (Å²) in [5.74, 6) is 1.21. The van der Waals surface area contributed by atoms with Crippen molar-refractivity contribution in [3.63, 3.8) is 0 Å². The summed E-state index contributed by atoms with van der Waals surface area (Å²) in [6.45, 7) is 4.19. The van der Waals surface area contributed by atoms with E-state index < -0.39 is 0 Å². The molecule has 0 radical (unpaired) electrons. The van der Waals surface area contributed by atoms with Gasteiger partial charge in [-0.1, -0.05) is 25.7 Å². The van der Waals surface area contributed by atoms with Crippen LogP contribution in [0.5, 0.6) is 0 Å². The smallest absolute Gasteiger partial charge is 0.234 e. The molecular weight excluding hydrogens is 368 g/mol. The number of hydrogen-bond donors (Lipinski definition) is 1. The molecule has 1 saturated carbocycles. The molecule has 24 heavy (non-hydrogen) atoms. The monoisotopic (exact) mass is 394 g/mol. The third-order valence-corrected chi connectivity index (χ3v) is 5.46. The summed E-state index contributed by atoms with van der Waals surface area (Å²) >= 11 is 3.42. The minimum Gasteiger partial charge on any atom is -0.354 e. The van der Waals surface area contributed by atoms with Gasteiger partial charge in [0.05, 0.1) is 6.54 Å². The number of anilines is 1. The zero-order valence-electron chi connectivity index (χ0n) is 14.2. The summed E-state index contributed by atoms with van der Waals surface area (Å²) in [4.78, 5) is 21.3. The third kappa shape index (κ3) is 5.18. The number of pyridine rings is 1. The van der Waals surface area contributed by atoms with E-state index in [-0.39, 0.29) is 5.91 Å². The Morgan fingerprint density at radius 1 is 1.12 bits per heavy atom. The average molecular weight is 395 g/mol. The fourth-order valence-corrected chi connectivity index (χ4v) is 3.82. The Labute approximate surface area is 152 Å². The number of piperazine rings is 1. The maximum absolute atomic E-state index is 12.3. The molecular formula is C18H27BrN4O. The molecule has 2 fully saturated rings. The van der Waals surface area contributed by atoms with Gasteiger partial charge >= 0.3 is 0 Å². The van der Waals surface area contributed by atoms with Crippen LogP contribution in [0, 0.1) is 0 Å². The number of aromatic nitrogens is 1. The SMILES string of the molecule is O=C(CN1CCN(c2ccc(Br)cn2)CC1)NC1CCCCCC1. The number of hydrogen-bond acceptors (Lipinski definition) is 4. The topological polar surface area (TPSA) is 48.5 Å². The number of rotatable bonds is 4. The van der Waals surface area contributed by atoms with Gasteiger partial charge in [0.1, 0.15) is 5.82 Å². The number of amides is 1. The van der Waals surface area contributed by atoms with Crippen molar-refractivity contribution in [1.29, 1.82) is 0 Å². The molecule has 1 aromatic heterocycles. The fourth-order valence-electron chi connectivity index (χ4n) is 3.59. The van der Waals surface area contributed by atoms with Crippen molar-refractivity contribution >= 4 is 27.7 Å². The summed E-state index contributed by atoms with van der Waals surface area (Å²) < 4.78 is 1.00. The number of halogens is 1. The van der Waals surface area contributed by atoms with Gasteiger partial charge in [0, 0.05) is 42.9 Å². The van der Waals surface area contributed by atoms with Crippen molar-refractivity contribution in [3.05, 3.63) is 22.8 Å². The summed E-state index contributed by atoms with van der Waals surface area (Å²) in [7, 11) is 0. The van der Waals surface area contributed by atoms with Crippen LogP contribution in [-0.2, 0) is 4.79 Å². The highest BCUT2D eigenvalue weighted by Gasteiger charge is 2.21. The fraction of sp³-hybridized carbons (Fsp3) is 0.667. The van der Waals surface area contributed by atoms with Gasteiger partial charge in [-0.3, -0.25) is 9.69 Å². The molecule has 1 amide bonds. The largest absolute Gasteiger partial charge is 0.354 e. The molecule has 2 heterocycles. The highest BCUT2D eigenvalue weighted by atomic mass is 79.9. The van der Waals surface area contributed by atoms with Crippen molar-refractivity contribution < 1.29 is 4.79 Å². The van der Waals surface area contributed by atoms with Crippen molar-refractivity contribution in [1.82, 2.24) is 15.2 Å². The van der Waals surface area contributed by atoms with E-state index in [0.717, 1.165) is 49.3 Å². The van der Waals surface area contributed by atoms with Crippen LogP contribution in [0.4, 0.5) is 5.82 Å². The molecule has 3 rings (SSSR count). The first kappa shape index (κ1) is 17.7. The number of carbonyl (C=O) groups is 1. The van der Waals surface area contributed by atoms with Crippen LogP contribution >= 0.6 is 15.9 Å². The van der Waals surface area contributed by atoms with Gasteiger partial charge in [-0.25, -0.2) is 4.98 Å². The molecule has 1 saturated heterocycles. The molecule has 1 aliphatic heterocycles. The Bertz CT molecular complexity index is 520. The lowest BCUT2D eigenvalue weighted by molar-refractivity contribution is -0.123. The van der Waals surface area contributed by atoms with Crippen LogP contribution in [0.25, 0.3) is 0 Å². The predicted octanol–water partition coefficient (Wildman–Crippen LogP) is 2.81. The molecule has 5 nitrogen and oxygen atoms in total. The summed E-state index contributed by atoms with van der Waals surface area (Å²) in [5, 5.41) is 3.24. The molecule has 2 aliphatic rings. The summed E-state index contributed by atoms with van der Waals surface area (Å²) in [6.07, 6.45) is 9.27. The molecule has 1 aliphatic carbocycles. The minimum absolute atomic E-state index is 0.192. The van der Waals surface area contributed by atoms with E-state index in [1.807, 2.05) is 18.3 Å². The van der Waals surface area contributed by atoms with Gasteiger partial charge in [0.2, 0.25) is 5.91 Å². The maximum atomic E-state index is 12.3. The van der Waals surface area contributed by atoms with Crippen LogP contribution < -0.4 is 10.2 Å². The zero-order chi connectivity index (χ0) is 16.8. The van der Waals surface area contributed by atoms with Gasteiger partial charge in [-0.05, 0) is 40.9 Å². The Hall–Kier alpha value is -1.14. The molecule has 1 aromatic rings. The molecule has 1 N–H and O–H groups in total. The van der Waals surface area contributed by atoms with E-state index in [0.29, 0.717) is 12.6 Å². The number of nitrogens with one attached hydrogen (secondary N) is 1. The molecule has 6 heteroatoms. The van der Waals surface area contributed by atoms with Crippen molar-refractivity contribution in [2.24, 2.45) is 0 Å². The first-order valence-electron chi connectivity index (χ1n) is 9.09. The van der Waals surface area contributed by atoms with E-state index in [9.17, 15) is 4.79 Å². The standard InChI is InChI=1S/C18H27BrN4O/c19-15-7-8-17(20-13-15)23-11-9-22(10-12-23)14-18(24)21-16-5-3-1-2-4-6-16/h7-8,13,16H,1-6,9-12,14H2,(H,21,24). The highest BCUT2D eigenvalue weighted by Crippen LogP contribution is 2.18. The summed E-state index contributed by atoms with van der Waals surface area (Å²) in [5.41, 5.74) is 0. The van der Waals surface area contributed by atoms with Crippen LogP contribution in [0.2, 0.25) is 0 Å². The summed E-state index contributed by atoms with van der Waals surface area (Å²) in [6, 6.07) is 4.46. The first-order chi connectivity index (χ1) is 11.7. The zero-order valence-corrected chi connectivity index (χ0v) is 15.8. The van der Waals surface area contributed by atoms with E-state index in [1.165, 1.54) is 25.7 Å². The van der Waals surface area contributed by atoms with Gasteiger partial charge in [-0.15, -0.1) is 0 Å². The van der Waals surface area contributed by atoms with E-state index in [4.69, 9.17) is 0 Å².